The lowest BCUT2D eigenvalue weighted by molar-refractivity contribution is -0.137. The van der Waals surface area contributed by atoms with Gasteiger partial charge in [0.25, 0.3) is 0 Å². The minimum atomic E-state index is -4.59. The van der Waals surface area contributed by atoms with Gasteiger partial charge in [0.05, 0.1) is 23.7 Å². The molecule has 1 fully saturated rings. The number of likely N-dealkylation sites (N-methyl/N-ethyl adjacent to an activating group) is 1. The molecule has 1 N–H and O–H groups in total. The van der Waals surface area contributed by atoms with Gasteiger partial charge in [0.2, 0.25) is 11.8 Å². The van der Waals surface area contributed by atoms with Crippen LogP contribution in [0, 0.1) is 0 Å². The van der Waals surface area contributed by atoms with Gasteiger partial charge in [-0.2, -0.15) is 13.2 Å². The Morgan fingerprint density at radius 1 is 1.07 bits per heavy atom. The third kappa shape index (κ3) is 6.87. The maximum absolute atomic E-state index is 12.9. The van der Waals surface area contributed by atoms with Crippen LogP contribution < -0.4 is 5.32 Å². The highest BCUT2D eigenvalue weighted by atomic mass is 35.5. The zero-order chi connectivity index (χ0) is 21.6. The summed E-state index contributed by atoms with van der Waals surface area (Å²) in [5.74, 6) is -0.308. The number of carbonyl (C=O) groups excluding carboxylic acids is 2. The Morgan fingerprint density at radius 3 is 2.14 bits per heavy atom. The zero-order valence-electron chi connectivity index (χ0n) is 16.6. The van der Waals surface area contributed by atoms with Crippen molar-refractivity contribution in [2.24, 2.45) is 0 Å². The third-order valence-corrected chi connectivity index (χ3v) is 5.19. The van der Waals surface area contributed by atoms with Crippen LogP contribution in [0.4, 0.5) is 18.9 Å². The fraction of sp³-hybridized carbons (Fsp3) is 0.579. The molecule has 0 spiro atoms. The van der Waals surface area contributed by atoms with Crippen molar-refractivity contribution in [1.29, 1.82) is 0 Å². The zero-order valence-corrected chi connectivity index (χ0v) is 17.3. The predicted octanol–water partition coefficient (Wildman–Crippen LogP) is 2.78. The number of rotatable bonds is 7. The number of hydrogen-bond donors (Lipinski definition) is 1. The number of anilines is 1. The van der Waals surface area contributed by atoms with Gasteiger partial charge in [-0.3, -0.25) is 19.4 Å². The number of hydrogen-bond acceptors (Lipinski definition) is 4. The van der Waals surface area contributed by atoms with Gasteiger partial charge in [-0.05, 0) is 32.0 Å². The van der Waals surface area contributed by atoms with Crippen molar-refractivity contribution in [3.05, 3.63) is 28.8 Å². The van der Waals surface area contributed by atoms with E-state index in [0.717, 1.165) is 12.1 Å². The van der Waals surface area contributed by atoms with Gasteiger partial charge >= 0.3 is 6.18 Å². The molecule has 162 valence electrons. The number of amides is 2. The lowest BCUT2D eigenvalue weighted by Gasteiger charge is -2.34. The Kier molecular flexibility index (Phi) is 8.30. The molecular formula is C19H26ClF3N4O2. The van der Waals surface area contributed by atoms with Gasteiger partial charge in [-0.1, -0.05) is 11.6 Å². The molecule has 0 atom stereocenters. The molecule has 0 aromatic heterocycles. The highest BCUT2D eigenvalue weighted by molar-refractivity contribution is 6.31. The number of benzene rings is 1. The molecule has 1 heterocycles. The van der Waals surface area contributed by atoms with Crippen molar-refractivity contribution in [1.82, 2.24) is 14.7 Å². The molecule has 1 saturated heterocycles. The van der Waals surface area contributed by atoms with Crippen LogP contribution in [0.2, 0.25) is 5.02 Å². The number of carbonyl (C=O) groups is 2. The molecule has 0 unspecified atom stereocenters. The Labute approximate surface area is 173 Å². The van der Waals surface area contributed by atoms with E-state index >= 15 is 0 Å². The van der Waals surface area contributed by atoms with Crippen LogP contribution >= 0.6 is 11.6 Å². The van der Waals surface area contributed by atoms with E-state index in [1.807, 2.05) is 23.6 Å². The number of nitrogens with one attached hydrogen (secondary N) is 1. The van der Waals surface area contributed by atoms with Crippen molar-refractivity contribution in [2.75, 3.05) is 57.7 Å². The van der Waals surface area contributed by atoms with Crippen LogP contribution in [0.1, 0.15) is 19.4 Å². The summed E-state index contributed by atoms with van der Waals surface area (Å²) in [7, 11) is 0. The van der Waals surface area contributed by atoms with E-state index in [4.69, 9.17) is 11.6 Å². The standard InChI is InChI=1S/C19H26ClF3N4O2/c1-3-27(4-2)18(29)13-26-9-7-25(8-10-26)12-17(28)24-14-5-6-16(20)15(11-14)19(21,22)23/h5-6,11H,3-4,7-10,12-13H2,1-2H3,(H,24,28). The van der Waals surface area contributed by atoms with Gasteiger partial charge in [0, 0.05) is 45.0 Å². The topological polar surface area (TPSA) is 55.9 Å². The van der Waals surface area contributed by atoms with Crippen LogP contribution in [0.3, 0.4) is 0 Å². The average Bonchev–Trinajstić information content (AvgIpc) is 2.65. The highest BCUT2D eigenvalue weighted by Crippen LogP contribution is 2.36. The van der Waals surface area contributed by atoms with Gasteiger partial charge in [0.1, 0.15) is 0 Å². The summed E-state index contributed by atoms with van der Waals surface area (Å²) in [4.78, 5) is 30.1. The average molecular weight is 435 g/mol. The van der Waals surface area contributed by atoms with Crippen LogP contribution in [-0.2, 0) is 15.8 Å². The second-order valence-corrected chi connectivity index (χ2v) is 7.27. The van der Waals surface area contributed by atoms with Gasteiger partial charge in [-0.25, -0.2) is 0 Å². The third-order valence-electron chi connectivity index (χ3n) is 4.86. The van der Waals surface area contributed by atoms with Crippen LogP contribution in [-0.4, -0.2) is 78.9 Å². The van der Waals surface area contributed by atoms with Crippen LogP contribution in [0.15, 0.2) is 18.2 Å². The van der Waals surface area contributed by atoms with Crippen molar-refractivity contribution in [3.63, 3.8) is 0 Å². The number of piperazine rings is 1. The first-order valence-corrected chi connectivity index (χ1v) is 9.90. The van der Waals surface area contributed by atoms with Crippen molar-refractivity contribution in [3.8, 4) is 0 Å². The number of nitrogens with zero attached hydrogens (tertiary/aromatic N) is 3. The maximum atomic E-state index is 12.9. The normalized spacial score (nSPS) is 15.9. The fourth-order valence-corrected chi connectivity index (χ4v) is 3.42. The molecule has 6 nitrogen and oxygen atoms in total. The van der Waals surface area contributed by atoms with E-state index in [9.17, 15) is 22.8 Å². The monoisotopic (exact) mass is 434 g/mol. The molecule has 0 aliphatic carbocycles. The molecule has 10 heteroatoms. The molecule has 2 amide bonds. The molecule has 1 aromatic rings. The van der Waals surface area contributed by atoms with E-state index in [0.29, 0.717) is 45.8 Å². The number of halogens is 4. The molecule has 1 aliphatic rings. The molecular weight excluding hydrogens is 409 g/mol. The Hall–Kier alpha value is -1.84. The van der Waals surface area contributed by atoms with Gasteiger partial charge in [-0.15, -0.1) is 0 Å². The second-order valence-electron chi connectivity index (χ2n) is 6.86. The van der Waals surface area contributed by atoms with Crippen LogP contribution in [0.25, 0.3) is 0 Å². The summed E-state index contributed by atoms with van der Waals surface area (Å²) < 4.78 is 38.8. The van der Waals surface area contributed by atoms with Crippen molar-refractivity contribution < 1.29 is 22.8 Å². The largest absolute Gasteiger partial charge is 0.417 e. The molecule has 1 aromatic carbocycles. The van der Waals surface area contributed by atoms with Crippen molar-refractivity contribution in [2.45, 2.75) is 20.0 Å². The predicted molar refractivity (Wildman–Crippen MR) is 106 cm³/mol. The fourth-order valence-electron chi connectivity index (χ4n) is 3.20. The highest BCUT2D eigenvalue weighted by Gasteiger charge is 2.33. The molecule has 0 radical (unpaired) electrons. The molecule has 0 bridgehead atoms. The summed E-state index contributed by atoms with van der Waals surface area (Å²) in [6.07, 6.45) is -4.59. The minimum absolute atomic E-state index is 0.0511. The molecule has 29 heavy (non-hydrogen) atoms. The van der Waals surface area contributed by atoms with E-state index in [2.05, 4.69) is 5.32 Å². The lowest BCUT2D eigenvalue weighted by atomic mass is 10.2. The summed E-state index contributed by atoms with van der Waals surface area (Å²) >= 11 is 5.59. The van der Waals surface area contributed by atoms with E-state index in [1.165, 1.54) is 6.07 Å². The molecule has 0 saturated carbocycles. The van der Waals surface area contributed by atoms with E-state index in [-0.39, 0.29) is 18.1 Å². The Bertz CT molecular complexity index is 718. The van der Waals surface area contributed by atoms with Gasteiger partial charge in [0.15, 0.2) is 0 Å². The maximum Gasteiger partial charge on any atom is 0.417 e. The molecule has 1 aliphatic heterocycles. The SMILES string of the molecule is CCN(CC)C(=O)CN1CCN(CC(=O)Nc2ccc(Cl)c(C(F)(F)F)c2)CC1. The Balaban J connectivity index is 1.82. The Morgan fingerprint density at radius 2 is 1.62 bits per heavy atom. The number of alkyl halides is 3. The molecule has 2 rings (SSSR count). The van der Waals surface area contributed by atoms with E-state index < -0.39 is 22.7 Å². The first kappa shape index (κ1) is 23.4. The van der Waals surface area contributed by atoms with Crippen LogP contribution in [0.5, 0.6) is 0 Å². The van der Waals surface area contributed by atoms with Gasteiger partial charge < -0.3 is 10.2 Å². The smallest absolute Gasteiger partial charge is 0.342 e. The summed E-state index contributed by atoms with van der Waals surface area (Å²) in [6, 6.07) is 3.29. The first-order chi connectivity index (χ1) is 13.6. The lowest BCUT2D eigenvalue weighted by Crippen LogP contribution is -2.51. The quantitative estimate of drug-likeness (QED) is 0.717. The van der Waals surface area contributed by atoms with E-state index in [1.54, 1.807) is 4.90 Å². The summed E-state index contributed by atoms with van der Waals surface area (Å²) in [5, 5.41) is 2.08. The van der Waals surface area contributed by atoms with Crippen molar-refractivity contribution >= 4 is 29.1 Å². The minimum Gasteiger partial charge on any atom is -0.342 e. The summed E-state index contributed by atoms with van der Waals surface area (Å²) in [5.41, 5.74) is -0.932. The second kappa shape index (κ2) is 10.3. The first-order valence-electron chi connectivity index (χ1n) is 9.53. The summed E-state index contributed by atoms with van der Waals surface area (Å²) in [6.45, 7) is 8.17.